The topological polar surface area (TPSA) is 46.3 Å². The number of halogens is 1. The lowest BCUT2D eigenvalue weighted by molar-refractivity contribution is 0.0748. The fraction of sp³-hybridized carbons (Fsp3) is 0.214. The summed E-state index contributed by atoms with van der Waals surface area (Å²) in [4.78, 5) is 14.6. The van der Waals surface area contributed by atoms with E-state index in [1.54, 1.807) is 18.0 Å². The van der Waals surface area contributed by atoms with Crippen LogP contribution < -0.4 is 5.73 Å². The number of thiophene rings is 1. The molecule has 100 valence electrons. The van der Waals surface area contributed by atoms with Crippen LogP contribution in [0.25, 0.3) is 0 Å². The van der Waals surface area contributed by atoms with Crippen molar-refractivity contribution in [2.45, 2.75) is 13.0 Å². The predicted molar refractivity (Wildman–Crippen MR) is 80.7 cm³/mol. The molecule has 0 aliphatic rings. The first kappa shape index (κ1) is 13.9. The van der Waals surface area contributed by atoms with Gasteiger partial charge in [-0.3, -0.25) is 4.79 Å². The van der Waals surface area contributed by atoms with E-state index in [4.69, 9.17) is 17.3 Å². The number of anilines is 1. The van der Waals surface area contributed by atoms with Crippen LogP contribution in [0.3, 0.4) is 0 Å². The van der Waals surface area contributed by atoms with E-state index in [0.29, 0.717) is 15.6 Å². The van der Waals surface area contributed by atoms with Crippen molar-refractivity contribution in [3.63, 3.8) is 0 Å². The molecular formula is C14H15ClN2OS. The number of carbonyl (C=O) groups is 1. The zero-order valence-corrected chi connectivity index (χ0v) is 12.3. The molecule has 19 heavy (non-hydrogen) atoms. The van der Waals surface area contributed by atoms with E-state index in [9.17, 15) is 4.79 Å². The highest BCUT2D eigenvalue weighted by Gasteiger charge is 2.21. The van der Waals surface area contributed by atoms with E-state index in [1.165, 1.54) is 11.3 Å². The number of amides is 1. The summed E-state index contributed by atoms with van der Waals surface area (Å²) < 4.78 is 0. The Morgan fingerprint density at radius 1 is 1.42 bits per heavy atom. The largest absolute Gasteiger partial charge is 0.397 e. The van der Waals surface area contributed by atoms with Crippen LogP contribution >= 0.6 is 22.9 Å². The van der Waals surface area contributed by atoms with Gasteiger partial charge in [0.05, 0.1) is 11.7 Å². The van der Waals surface area contributed by atoms with Crippen molar-refractivity contribution in [1.82, 2.24) is 4.90 Å². The minimum atomic E-state index is -0.0695. The van der Waals surface area contributed by atoms with Crippen molar-refractivity contribution < 1.29 is 4.79 Å². The molecule has 0 bridgehead atoms. The zero-order chi connectivity index (χ0) is 14.0. The summed E-state index contributed by atoms with van der Waals surface area (Å²) in [6.45, 7) is 1.97. The Morgan fingerprint density at radius 3 is 2.74 bits per heavy atom. The Kier molecular flexibility index (Phi) is 4.12. The number of hydrogen-bond acceptors (Lipinski definition) is 3. The van der Waals surface area contributed by atoms with Gasteiger partial charge in [0.2, 0.25) is 0 Å². The SMILES string of the molecule is CC(c1cccc(Cl)c1)N(C)C(=O)c1sccc1N. The standard InChI is InChI=1S/C14H15ClN2OS/c1-9(10-4-3-5-11(15)8-10)17(2)14(18)13-12(16)6-7-19-13/h3-9H,16H2,1-2H3. The van der Waals surface area contributed by atoms with Crippen LogP contribution in [0.4, 0.5) is 5.69 Å². The molecule has 1 aromatic heterocycles. The van der Waals surface area contributed by atoms with Gasteiger partial charge >= 0.3 is 0 Å². The summed E-state index contributed by atoms with van der Waals surface area (Å²) in [5.74, 6) is -0.0695. The highest BCUT2D eigenvalue weighted by molar-refractivity contribution is 7.12. The van der Waals surface area contributed by atoms with E-state index in [0.717, 1.165) is 5.56 Å². The lowest BCUT2D eigenvalue weighted by atomic mass is 10.1. The van der Waals surface area contributed by atoms with Crippen LogP contribution in [0.2, 0.25) is 5.02 Å². The van der Waals surface area contributed by atoms with Gasteiger partial charge in [0.25, 0.3) is 5.91 Å². The molecule has 0 saturated heterocycles. The highest BCUT2D eigenvalue weighted by Crippen LogP contribution is 2.26. The minimum absolute atomic E-state index is 0.0623. The Labute approximate surface area is 121 Å². The number of nitrogen functional groups attached to an aromatic ring is 1. The maximum atomic E-state index is 12.3. The molecule has 0 saturated carbocycles. The molecule has 0 aliphatic heterocycles. The van der Waals surface area contributed by atoms with E-state index >= 15 is 0 Å². The van der Waals surface area contributed by atoms with Gasteiger partial charge in [0.15, 0.2) is 0 Å². The third kappa shape index (κ3) is 2.91. The van der Waals surface area contributed by atoms with E-state index in [1.807, 2.05) is 36.6 Å². The second-order valence-electron chi connectivity index (χ2n) is 4.35. The Morgan fingerprint density at radius 2 is 2.16 bits per heavy atom. The lowest BCUT2D eigenvalue weighted by Gasteiger charge is -2.25. The van der Waals surface area contributed by atoms with Crippen LogP contribution in [0.5, 0.6) is 0 Å². The normalized spacial score (nSPS) is 12.2. The van der Waals surface area contributed by atoms with Crippen LogP contribution in [-0.4, -0.2) is 17.9 Å². The summed E-state index contributed by atoms with van der Waals surface area (Å²) in [5, 5.41) is 2.49. The molecule has 1 aromatic carbocycles. The molecule has 0 spiro atoms. The summed E-state index contributed by atoms with van der Waals surface area (Å²) >= 11 is 7.34. The number of nitrogens with zero attached hydrogens (tertiary/aromatic N) is 1. The van der Waals surface area contributed by atoms with Crippen molar-refractivity contribution in [1.29, 1.82) is 0 Å². The molecule has 3 nitrogen and oxygen atoms in total. The molecule has 2 aromatic rings. The monoisotopic (exact) mass is 294 g/mol. The van der Waals surface area contributed by atoms with E-state index in [-0.39, 0.29) is 11.9 Å². The maximum absolute atomic E-state index is 12.3. The molecule has 2 N–H and O–H groups in total. The smallest absolute Gasteiger partial charge is 0.266 e. The molecule has 0 fully saturated rings. The first-order valence-corrected chi connectivity index (χ1v) is 7.12. The van der Waals surface area contributed by atoms with Gasteiger partial charge in [0.1, 0.15) is 4.88 Å². The first-order valence-electron chi connectivity index (χ1n) is 5.86. The van der Waals surface area contributed by atoms with Crippen LogP contribution in [0.1, 0.15) is 28.2 Å². The summed E-state index contributed by atoms with van der Waals surface area (Å²) in [6, 6.07) is 9.21. The predicted octanol–water partition coefficient (Wildman–Crippen LogP) is 3.82. The summed E-state index contributed by atoms with van der Waals surface area (Å²) in [6.07, 6.45) is 0. The van der Waals surface area contributed by atoms with Crippen molar-refractivity contribution in [2.75, 3.05) is 12.8 Å². The number of nitrogens with two attached hydrogens (primary N) is 1. The third-order valence-corrected chi connectivity index (χ3v) is 4.28. The van der Waals surface area contributed by atoms with Gasteiger partial charge < -0.3 is 10.6 Å². The Hall–Kier alpha value is -1.52. The quantitative estimate of drug-likeness (QED) is 0.935. The summed E-state index contributed by atoms with van der Waals surface area (Å²) in [5.41, 5.74) is 7.31. The van der Waals surface area contributed by atoms with Gasteiger partial charge in [-0.05, 0) is 36.1 Å². The average Bonchev–Trinajstić information content (AvgIpc) is 2.82. The average molecular weight is 295 g/mol. The highest BCUT2D eigenvalue weighted by atomic mass is 35.5. The van der Waals surface area contributed by atoms with Gasteiger partial charge in [-0.25, -0.2) is 0 Å². The van der Waals surface area contributed by atoms with E-state index in [2.05, 4.69) is 0 Å². The molecule has 1 heterocycles. The third-order valence-electron chi connectivity index (χ3n) is 3.12. The molecular weight excluding hydrogens is 280 g/mol. The second kappa shape index (κ2) is 5.63. The molecule has 1 unspecified atom stereocenters. The molecule has 0 radical (unpaired) electrons. The number of benzene rings is 1. The lowest BCUT2D eigenvalue weighted by Crippen LogP contribution is -2.29. The van der Waals surface area contributed by atoms with Crippen molar-refractivity contribution in [3.8, 4) is 0 Å². The zero-order valence-electron chi connectivity index (χ0n) is 10.8. The molecule has 2 rings (SSSR count). The van der Waals surface area contributed by atoms with Crippen LogP contribution in [-0.2, 0) is 0 Å². The van der Waals surface area contributed by atoms with Gasteiger partial charge in [-0.1, -0.05) is 23.7 Å². The van der Waals surface area contributed by atoms with Crippen LogP contribution in [0.15, 0.2) is 35.7 Å². The maximum Gasteiger partial charge on any atom is 0.266 e. The molecule has 0 aliphatic carbocycles. The Balaban J connectivity index is 2.22. The fourth-order valence-electron chi connectivity index (χ4n) is 1.82. The van der Waals surface area contributed by atoms with Crippen molar-refractivity contribution in [3.05, 3.63) is 51.2 Å². The van der Waals surface area contributed by atoms with E-state index < -0.39 is 0 Å². The summed E-state index contributed by atoms with van der Waals surface area (Å²) in [7, 11) is 1.77. The van der Waals surface area contributed by atoms with Crippen LogP contribution in [0, 0.1) is 0 Å². The van der Waals surface area contributed by atoms with Gasteiger partial charge in [-0.2, -0.15) is 0 Å². The Bertz CT molecular complexity index is 597. The van der Waals surface area contributed by atoms with Crippen molar-refractivity contribution >= 4 is 34.5 Å². The number of hydrogen-bond donors (Lipinski definition) is 1. The first-order chi connectivity index (χ1) is 9.00. The second-order valence-corrected chi connectivity index (χ2v) is 5.70. The number of rotatable bonds is 3. The van der Waals surface area contributed by atoms with Gasteiger partial charge in [-0.15, -0.1) is 11.3 Å². The number of carbonyl (C=O) groups excluding carboxylic acids is 1. The molecule has 5 heteroatoms. The minimum Gasteiger partial charge on any atom is -0.397 e. The molecule has 1 amide bonds. The fourth-order valence-corrected chi connectivity index (χ4v) is 2.82. The van der Waals surface area contributed by atoms with Gasteiger partial charge in [0, 0.05) is 12.1 Å². The van der Waals surface area contributed by atoms with Crippen molar-refractivity contribution in [2.24, 2.45) is 0 Å². The molecule has 1 atom stereocenters.